The second kappa shape index (κ2) is 16.1. The average molecular weight is 695 g/mol. The molecule has 4 aliphatic rings. The van der Waals surface area contributed by atoms with Gasteiger partial charge in [-0.3, -0.25) is 4.79 Å². The fourth-order valence-electron chi connectivity index (χ4n) is 6.24. The third-order valence-electron chi connectivity index (χ3n) is 8.84. The van der Waals surface area contributed by atoms with Crippen LogP contribution in [0.15, 0.2) is 54.3 Å². The molecule has 49 heavy (non-hydrogen) atoms. The SMILES string of the molecule is COc1ccc(C=CC(=O)OC2C(OC3C=C(CO)C4C(OC5OC(CO)C(O)C(O)C5O)OC=CC34)OC(C)C(O)C2OC(C)=O)cc1. The first-order chi connectivity index (χ1) is 23.4. The molecule has 0 bridgehead atoms. The van der Waals surface area contributed by atoms with E-state index in [-0.39, 0.29) is 0 Å². The molecule has 0 amide bonds. The van der Waals surface area contributed by atoms with Crippen LogP contribution in [-0.2, 0) is 42.7 Å². The van der Waals surface area contributed by atoms with Crippen molar-refractivity contribution in [1.29, 1.82) is 0 Å². The van der Waals surface area contributed by atoms with Gasteiger partial charge in [-0.1, -0.05) is 18.2 Å². The van der Waals surface area contributed by atoms with E-state index in [0.29, 0.717) is 16.9 Å². The Labute approximate surface area is 281 Å². The first kappa shape index (κ1) is 36.9. The van der Waals surface area contributed by atoms with Crippen molar-refractivity contribution in [3.63, 3.8) is 0 Å². The summed E-state index contributed by atoms with van der Waals surface area (Å²) in [5, 5.41) is 61.6. The molecule has 2 fully saturated rings. The summed E-state index contributed by atoms with van der Waals surface area (Å²) in [7, 11) is 1.53. The first-order valence-corrected chi connectivity index (χ1v) is 15.7. The summed E-state index contributed by atoms with van der Waals surface area (Å²) in [5.74, 6) is -2.26. The molecule has 16 nitrogen and oxygen atoms in total. The third kappa shape index (κ3) is 8.15. The maximum Gasteiger partial charge on any atom is 0.331 e. The van der Waals surface area contributed by atoms with E-state index < -0.39 is 111 Å². The number of carbonyl (C=O) groups is 2. The molecule has 16 heteroatoms. The lowest BCUT2D eigenvalue weighted by atomic mass is 9.88. The van der Waals surface area contributed by atoms with E-state index in [9.17, 15) is 40.2 Å². The van der Waals surface area contributed by atoms with E-state index in [2.05, 4.69) is 0 Å². The average Bonchev–Trinajstić information content (AvgIpc) is 3.46. The molecule has 0 spiro atoms. The summed E-state index contributed by atoms with van der Waals surface area (Å²) in [5.41, 5.74) is 1.08. The number of ether oxygens (including phenoxy) is 8. The van der Waals surface area contributed by atoms with Crippen LogP contribution in [-0.4, -0.2) is 137 Å². The zero-order valence-electron chi connectivity index (χ0n) is 27.0. The molecule has 0 radical (unpaired) electrons. The number of carbonyl (C=O) groups excluding carboxylic acids is 2. The van der Waals surface area contributed by atoms with E-state index >= 15 is 0 Å². The van der Waals surface area contributed by atoms with E-state index in [1.54, 1.807) is 36.4 Å². The van der Waals surface area contributed by atoms with Gasteiger partial charge < -0.3 is 68.5 Å². The molecule has 14 unspecified atom stereocenters. The molecule has 0 aromatic heterocycles. The molecule has 1 aromatic rings. The van der Waals surface area contributed by atoms with Crippen LogP contribution in [0.4, 0.5) is 0 Å². The molecule has 14 atom stereocenters. The Hall–Kier alpha value is -3.42. The number of rotatable bonds is 11. The molecule has 0 saturated carbocycles. The van der Waals surface area contributed by atoms with Crippen LogP contribution in [0.25, 0.3) is 6.08 Å². The fourth-order valence-corrected chi connectivity index (χ4v) is 6.24. The quantitative estimate of drug-likeness (QED) is 0.0917. The van der Waals surface area contributed by atoms with Crippen molar-refractivity contribution < 1.29 is 78.1 Å². The van der Waals surface area contributed by atoms with Crippen LogP contribution in [0, 0.1) is 11.8 Å². The largest absolute Gasteiger partial charge is 0.497 e. The summed E-state index contributed by atoms with van der Waals surface area (Å²) in [6, 6.07) is 6.88. The van der Waals surface area contributed by atoms with E-state index in [0.717, 1.165) is 13.0 Å². The third-order valence-corrected chi connectivity index (χ3v) is 8.84. The summed E-state index contributed by atoms with van der Waals surface area (Å²) in [6.07, 6.45) is -9.03. The minimum Gasteiger partial charge on any atom is -0.497 e. The number of benzene rings is 1. The van der Waals surface area contributed by atoms with Gasteiger partial charge >= 0.3 is 11.9 Å². The minimum atomic E-state index is -1.70. The van der Waals surface area contributed by atoms with Crippen molar-refractivity contribution in [2.75, 3.05) is 20.3 Å². The maximum absolute atomic E-state index is 13.0. The normalized spacial score (nSPS) is 38.8. The summed E-state index contributed by atoms with van der Waals surface area (Å²) in [4.78, 5) is 25.1. The Balaban J connectivity index is 1.35. The molecule has 1 aliphatic carbocycles. The van der Waals surface area contributed by atoms with Crippen LogP contribution in [0.2, 0.25) is 0 Å². The Kier molecular flexibility index (Phi) is 12.1. The summed E-state index contributed by atoms with van der Waals surface area (Å²) in [6.45, 7) is 1.56. The number of hydrogen-bond donors (Lipinski definition) is 6. The van der Waals surface area contributed by atoms with Crippen molar-refractivity contribution in [1.82, 2.24) is 0 Å². The van der Waals surface area contributed by atoms with Crippen LogP contribution in [0.5, 0.6) is 5.75 Å². The predicted molar refractivity (Wildman–Crippen MR) is 164 cm³/mol. The maximum atomic E-state index is 13.0. The number of esters is 2. The zero-order valence-corrected chi connectivity index (χ0v) is 27.0. The first-order valence-electron chi connectivity index (χ1n) is 15.7. The lowest BCUT2D eigenvalue weighted by Crippen LogP contribution is -2.61. The van der Waals surface area contributed by atoms with Gasteiger partial charge in [0.1, 0.15) is 36.3 Å². The van der Waals surface area contributed by atoms with Gasteiger partial charge in [0.25, 0.3) is 0 Å². The van der Waals surface area contributed by atoms with E-state index in [1.165, 1.54) is 26.4 Å². The second-order valence-corrected chi connectivity index (χ2v) is 12.1. The Morgan fingerprint density at radius 2 is 1.61 bits per heavy atom. The molecule has 2 saturated heterocycles. The Bertz CT molecular complexity index is 1380. The predicted octanol–water partition coefficient (Wildman–Crippen LogP) is -1.11. The van der Waals surface area contributed by atoms with Crippen molar-refractivity contribution in [2.24, 2.45) is 11.8 Å². The van der Waals surface area contributed by atoms with Gasteiger partial charge in [-0.15, -0.1) is 0 Å². The number of fused-ring (bicyclic) bond motifs is 1. The van der Waals surface area contributed by atoms with E-state index in [4.69, 9.17) is 37.9 Å². The van der Waals surface area contributed by atoms with Crippen LogP contribution in [0.1, 0.15) is 19.4 Å². The van der Waals surface area contributed by atoms with E-state index in [1.807, 2.05) is 0 Å². The molecule has 3 heterocycles. The van der Waals surface area contributed by atoms with Crippen LogP contribution >= 0.6 is 0 Å². The van der Waals surface area contributed by atoms with Crippen LogP contribution in [0.3, 0.4) is 0 Å². The summed E-state index contributed by atoms with van der Waals surface area (Å²) >= 11 is 0. The summed E-state index contributed by atoms with van der Waals surface area (Å²) < 4.78 is 45.5. The fraction of sp³-hybridized carbons (Fsp3) is 0.576. The molecular weight excluding hydrogens is 652 g/mol. The lowest BCUT2D eigenvalue weighted by Gasteiger charge is -2.44. The van der Waals surface area contributed by atoms with Gasteiger partial charge in [-0.2, -0.15) is 0 Å². The highest BCUT2D eigenvalue weighted by Gasteiger charge is 2.53. The monoisotopic (exact) mass is 694 g/mol. The van der Waals surface area contributed by atoms with Crippen molar-refractivity contribution >= 4 is 18.0 Å². The highest BCUT2D eigenvalue weighted by Crippen LogP contribution is 2.43. The highest BCUT2D eigenvalue weighted by molar-refractivity contribution is 5.87. The molecule has 5 rings (SSSR count). The van der Waals surface area contributed by atoms with Gasteiger partial charge in [0.2, 0.25) is 6.29 Å². The number of aliphatic hydroxyl groups is 6. The Morgan fingerprint density at radius 1 is 0.878 bits per heavy atom. The minimum absolute atomic E-state index is 0.408. The van der Waals surface area contributed by atoms with Gasteiger partial charge in [0, 0.05) is 18.9 Å². The zero-order chi connectivity index (χ0) is 35.4. The highest BCUT2D eigenvalue weighted by atomic mass is 16.8. The van der Waals surface area contributed by atoms with Gasteiger partial charge in [0.15, 0.2) is 24.8 Å². The van der Waals surface area contributed by atoms with Crippen molar-refractivity contribution in [3.05, 3.63) is 59.9 Å². The van der Waals surface area contributed by atoms with Crippen molar-refractivity contribution in [3.8, 4) is 5.75 Å². The molecule has 6 N–H and O–H groups in total. The van der Waals surface area contributed by atoms with Gasteiger partial charge in [-0.25, -0.2) is 4.79 Å². The van der Waals surface area contributed by atoms with Crippen molar-refractivity contribution in [2.45, 2.75) is 87.7 Å². The Morgan fingerprint density at radius 3 is 2.27 bits per heavy atom. The standard InChI is InChI=1S/C33H42O16/c1-15-25(38)29(45-16(2)36)30(48-23(37)9-6-17-4-7-19(42-3)8-5-17)33(44-15)46-21-12-18(13-34)24-20(21)10-11-43-31(24)49-32-28(41)27(40)26(39)22(14-35)47-32/h4-12,15,20-22,24-35,38-41H,13-14H2,1-3H3. The number of methoxy groups -OCH3 is 1. The van der Waals surface area contributed by atoms with Gasteiger partial charge in [0.05, 0.1) is 44.7 Å². The topological polar surface area (TPSA) is 229 Å². The van der Waals surface area contributed by atoms with Crippen LogP contribution < -0.4 is 4.74 Å². The molecule has 270 valence electrons. The molecular formula is C33H42O16. The number of hydrogen-bond acceptors (Lipinski definition) is 16. The smallest absolute Gasteiger partial charge is 0.331 e. The second-order valence-electron chi connectivity index (χ2n) is 12.1. The lowest BCUT2D eigenvalue weighted by molar-refractivity contribution is -0.341. The molecule has 3 aliphatic heterocycles. The number of aliphatic hydroxyl groups excluding tert-OH is 6. The molecule has 1 aromatic carbocycles. The van der Waals surface area contributed by atoms with Gasteiger partial charge in [-0.05, 0) is 42.3 Å².